The van der Waals surface area contributed by atoms with Gasteiger partial charge in [0, 0.05) is 6.42 Å². The van der Waals surface area contributed by atoms with Crippen molar-refractivity contribution in [3.63, 3.8) is 0 Å². The maximum atomic E-state index is 12.0. The number of rotatable bonds is 4. The predicted octanol–water partition coefficient (Wildman–Crippen LogP) is 1.53. The van der Waals surface area contributed by atoms with E-state index in [4.69, 9.17) is 9.47 Å². The lowest BCUT2D eigenvalue weighted by molar-refractivity contribution is -0.148. The first-order chi connectivity index (χ1) is 8.70. The molecule has 0 aromatic heterocycles. The quantitative estimate of drug-likeness (QED) is 0.822. The van der Waals surface area contributed by atoms with Crippen LogP contribution in [-0.4, -0.2) is 32.3 Å². The molecular formula is C14H19NO3. The van der Waals surface area contributed by atoms with E-state index < -0.39 is 5.54 Å². The summed E-state index contributed by atoms with van der Waals surface area (Å²) < 4.78 is 10.1. The number of hydrogen-bond donors (Lipinski definition) is 1. The highest BCUT2D eigenvalue weighted by Gasteiger charge is 2.41. The molecule has 0 amide bonds. The summed E-state index contributed by atoms with van der Waals surface area (Å²) in [7, 11) is 3.08. The molecule has 1 atom stereocenters. The van der Waals surface area contributed by atoms with Gasteiger partial charge < -0.3 is 14.8 Å². The number of carbonyl (C=O) groups excluding carboxylic acids is 1. The van der Waals surface area contributed by atoms with E-state index in [0.717, 1.165) is 30.7 Å². The van der Waals surface area contributed by atoms with Crippen molar-refractivity contribution in [1.82, 2.24) is 5.32 Å². The van der Waals surface area contributed by atoms with E-state index in [1.165, 1.54) is 7.11 Å². The molecule has 0 saturated carbocycles. The summed E-state index contributed by atoms with van der Waals surface area (Å²) in [6.45, 7) is 0.866. The van der Waals surface area contributed by atoms with Gasteiger partial charge in [-0.25, -0.2) is 0 Å². The number of hydrogen-bond acceptors (Lipinski definition) is 4. The standard InChI is InChI=1S/C14H19NO3/c1-17-12-6-4-11(5-7-12)10-14(13(16)18-2)8-3-9-15-14/h4-7,15H,3,8-10H2,1-2H3. The third-order valence-corrected chi connectivity index (χ3v) is 3.48. The summed E-state index contributed by atoms with van der Waals surface area (Å²) in [4.78, 5) is 12.0. The molecule has 4 nitrogen and oxygen atoms in total. The van der Waals surface area contributed by atoms with Crippen LogP contribution >= 0.6 is 0 Å². The van der Waals surface area contributed by atoms with Crippen LogP contribution in [-0.2, 0) is 16.0 Å². The Kier molecular flexibility index (Phi) is 3.87. The van der Waals surface area contributed by atoms with E-state index in [9.17, 15) is 4.79 Å². The molecule has 18 heavy (non-hydrogen) atoms. The molecule has 0 bridgehead atoms. The molecule has 1 aromatic rings. The van der Waals surface area contributed by atoms with Crippen LogP contribution < -0.4 is 10.1 Å². The van der Waals surface area contributed by atoms with Crippen LogP contribution in [0.5, 0.6) is 5.75 Å². The molecule has 1 aromatic carbocycles. The molecule has 2 rings (SSSR count). The molecule has 1 N–H and O–H groups in total. The second kappa shape index (κ2) is 5.40. The van der Waals surface area contributed by atoms with Gasteiger partial charge in [-0.15, -0.1) is 0 Å². The van der Waals surface area contributed by atoms with Crippen molar-refractivity contribution >= 4 is 5.97 Å². The fraction of sp³-hybridized carbons (Fsp3) is 0.500. The summed E-state index contributed by atoms with van der Waals surface area (Å²) >= 11 is 0. The van der Waals surface area contributed by atoms with Crippen LogP contribution in [0.4, 0.5) is 0 Å². The second-order valence-electron chi connectivity index (χ2n) is 4.63. The third kappa shape index (κ3) is 2.48. The van der Waals surface area contributed by atoms with E-state index in [2.05, 4.69) is 5.32 Å². The summed E-state index contributed by atoms with van der Waals surface area (Å²) in [6.07, 6.45) is 2.49. The smallest absolute Gasteiger partial charge is 0.326 e. The molecule has 98 valence electrons. The molecule has 1 aliphatic heterocycles. The van der Waals surface area contributed by atoms with Crippen molar-refractivity contribution in [1.29, 1.82) is 0 Å². The molecule has 1 aliphatic rings. The lowest BCUT2D eigenvalue weighted by atomic mass is 9.89. The normalized spacial score (nSPS) is 22.8. The summed E-state index contributed by atoms with van der Waals surface area (Å²) in [5, 5.41) is 3.29. The largest absolute Gasteiger partial charge is 0.497 e. The summed E-state index contributed by atoms with van der Waals surface area (Å²) in [5.74, 6) is 0.654. The minimum atomic E-state index is -0.552. The molecule has 1 saturated heterocycles. The average molecular weight is 249 g/mol. The van der Waals surface area contributed by atoms with Gasteiger partial charge >= 0.3 is 5.97 Å². The molecule has 1 fully saturated rings. The Labute approximate surface area is 107 Å². The van der Waals surface area contributed by atoms with E-state index >= 15 is 0 Å². The zero-order valence-corrected chi connectivity index (χ0v) is 10.9. The van der Waals surface area contributed by atoms with Gasteiger partial charge in [-0.2, -0.15) is 0 Å². The van der Waals surface area contributed by atoms with Crippen LogP contribution in [0.15, 0.2) is 24.3 Å². The topological polar surface area (TPSA) is 47.6 Å². The Morgan fingerprint density at radius 3 is 2.56 bits per heavy atom. The molecule has 0 radical (unpaired) electrons. The first-order valence-electron chi connectivity index (χ1n) is 6.16. The Morgan fingerprint density at radius 1 is 1.33 bits per heavy atom. The fourth-order valence-corrected chi connectivity index (χ4v) is 2.49. The van der Waals surface area contributed by atoms with Crippen LogP contribution in [0.2, 0.25) is 0 Å². The Hall–Kier alpha value is -1.55. The Balaban J connectivity index is 2.15. The first kappa shape index (κ1) is 12.9. The van der Waals surface area contributed by atoms with Crippen molar-refractivity contribution in [2.75, 3.05) is 20.8 Å². The minimum absolute atomic E-state index is 0.171. The highest BCUT2D eigenvalue weighted by atomic mass is 16.5. The SMILES string of the molecule is COC(=O)C1(Cc2ccc(OC)cc2)CCCN1. The molecule has 0 aliphatic carbocycles. The number of methoxy groups -OCH3 is 2. The Morgan fingerprint density at radius 2 is 2.06 bits per heavy atom. The molecule has 1 heterocycles. The zero-order chi connectivity index (χ0) is 13.0. The number of ether oxygens (including phenoxy) is 2. The van der Waals surface area contributed by atoms with E-state index in [1.54, 1.807) is 7.11 Å². The third-order valence-electron chi connectivity index (χ3n) is 3.48. The van der Waals surface area contributed by atoms with Gasteiger partial charge in [0.1, 0.15) is 11.3 Å². The first-order valence-corrected chi connectivity index (χ1v) is 6.16. The Bertz CT molecular complexity index is 408. The van der Waals surface area contributed by atoms with E-state index in [-0.39, 0.29) is 5.97 Å². The number of benzene rings is 1. The highest BCUT2D eigenvalue weighted by Crippen LogP contribution is 2.26. The molecule has 4 heteroatoms. The zero-order valence-electron chi connectivity index (χ0n) is 10.9. The average Bonchev–Trinajstić information content (AvgIpc) is 2.88. The van der Waals surface area contributed by atoms with E-state index in [1.807, 2.05) is 24.3 Å². The second-order valence-corrected chi connectivity index (χ2v) is 4.63. The molecular weight excluding hydrogens is 230 g/mol. The van der Waals surface area contributed by atoms with Crippen molar-refractivity contribution in [3.8, 4) is 5.75 Å². The lowest BCUT2D eigenvalue weighted by Gasteiger charge is -2.26. The monoisotopic (exact) mass is 249 g/mol. The van der Waals surface area contributed by atoms with Gasteiger partial charge in [0.05, 0.1) is 14.2 Å². The van der Waals surface area contributed by atoms with Gasteiger partial charge in [-0.3, -0.25) is 4.79 Å². The highest BCUT2D eigenvalue weighted by molar-refractivity contribution is 5.81. The van der Waals surface area contributed by atoms with Gasteiger partial charge in [0.2, 0.25) is 0 Å². The minimum Gasteiger partial charge on any atom is -0.497 e. The van der Waals surface area contributed by atoms with Crippen LogP contribution in [0.1, 0.15) is 18.4 Å². The summed E-state index contributed by atoms with van der Waals surface area (Å²) in [5.41, 5.74) is 0.555. The number of esters is 1. The molecule has 0 spiro atoms. The van der Waals surface area contributed by atoms with Gasteiger partial charge in [-0.1, -0.05) is 12.1 Å². The van der Waals surface area contributed by atoms with Crippen molar-refractivity contribution < 1.29 is 14.3 Å². The maximum Gasteiger partial charge on any atom is 0.326 e. The van der Waals surface area contributed by atoms with Crippen molar-refractivity contribution in [2.24, 2.45) is 0 Å². The van der Waals surface area contributed by atoms with Gasteiger partial charge in [-0.05, 0) is 37.1 Å². The number of nitrogens with one attached hydrogen (secondary N) is 1. The van der Waals surface area contributed by atoms with Crippen molar-refractivity contribution in [3.05, 3.63) is 29.8 Å². The number of carbonyl (C=O) groups is 1. The van der Waals surface area contributed by atoms with Gasteiger partial charge in [0.15, 0.2) is 0 Å². The fourth-order valence-electron chi connectivity index (χ4n) is 2.49. The van der Waals surface area contributed by atoms with E-state index in [0.29, 0.717) is 6.42 Å². The maximum absolute atomic E-state index is 12.0. The predicted molar refractivity (Wildman–Crippen MR) is 68.7 cm³/mol. The van der Waals surface area contributed by atoms with Gasteiger partial charge in [0.25, 0.3) is 0 Å². The summed E-state index contributed by atoms with van der Waals surface area (Å²) in [6, 6.07) is 7.80. The van der Waals surface area contributed by atoms with Crippen LogP contribution in [0.3, 0.4) is 0 Å². The van der Waals surface area contributed by atoms with Crippen molar-refractivity contribution in [2.45, 2.75) is 24.8 Å². The van der Waals surface area contributed by atoms with Crippen LogP contribution in [0, 0.1) is 0 Å². The molecule has 1 unspecified atom stereocenters. The lowest BCUT2D eigenvalue weighted by Crippen LogP contribution is -2.50. The van der Waals surface area contributed by atoms with Crippen LogP contribution in [0.25, 0.3) is 0 Å².